The Morgan fingerprint density at radius 3 is 2.81 bits per heavy atom. The molecule has 0 amide bonds. The van der Waals surface area contributed by atoms with Crippen molar-refractivity contribution in [3.05, 3.63) is 29.8 Å². The molecule has 0 unspecified atom stereocenters. The van der Waals surface area contributed by atoms with Crippen molar-refractivity contribution in [3.63, 3.8) is 0 Å². The van der Waals surface area contributed by atoms with Crippen LogP contribution in [0.4, 0.5) is 14.5 Å². The van der Waals surface area contributed by atoms with E-state index in [1.54, 1.807) is 12.1 Å². The lowest BCUT2D eigenvalue weighted by molar-refractivity contribution is -0.286. The molecule has 0 atom stereocenters. The number of ether oxygens (including phenoxy) is 2. The summed E-state index contributed by atoms with van der Waals surface area (Å²) in [5.74, 6) is 0.0493. The molecule has 0 saturated heterocycles. The van der Waals surface area contributed by atoms with Gasteiger partial charge in [-0.2, -0.15) is 0 Å². The Morgan fingerprint density at radius 1 is 1.31 bits per heavy atom. The Balaban J connectivity index is 2.10. The van der Waals surface area contributed by atoms with Crippen LogP contribution in [0.25, 0.3) is 0 Å². The Labute approximate surface area is 95.6 Å². The first-order valence-corrected chi connectivity index (χ1v) is 4.93. The van der Waals surface area contributed by atoms with Gasteiger partial charge >= 0.3 is 6.29 Å². The van der Waals surface area contributed by atoms with E-state index in [0.717, 1.165) is 0 Å². The maximum atomic E-state index is 12.7. The quantitative estimate of drug-likeness (QED) is 0.890. The molecule has 1 N–H and O–H groups in total. The fraction of sp³-hybridized carbons (Fsp3) is 0.200. The Kier molecular flexibility index (Phi) is 2.87. The SMILES string of the molecule is FC1(F)Oc2ccc(NC/C=C/Cl)cc2O1. The number of hydrogen-bond acceptors (Lipinski definition) is 3. The molecule has 1 aromatic carbocycles. The first-order chi connectivity index (χ1) is 7.61. The van der Waals surface area contributed by atoms with Crippen molar-refractivity contribution in [2.45, 2.75) is 6.29 Å². The molecule has 0 spiro atoms. The van der Waals surface area contributed by atoms with Crippen LogP contribution >= 0.6 is 11.6 Å². The van der Waals surface area contributed by atoms with Gasteiger partial charge in [0.05, 0.1) is 0 Å². The first kappa shape index (κ1) is 11.0. The Bertz CT molecular complexity index is 423. The summed E-state index contributed by atoms with van der Waals surface area (Å²) in [5, 5.41) is 2.95. The molecule has 0 aromatic heterocycles. The second-order valence-electron chi connectivity index (χ2n) is 3.07. The molecule has 86 valence electrons. The van der Waals surface area contributed by atoms with E-state index in [9.17, 15) is 8.78 Å². The largest absolute Gasteiger partial charge is 0.586 e. The number of hydrogen-bond donors (Lipinski definition) is 1. The summed E-state index contributed by atoms with van der Waals surface area (Å²) >= 11 is 5.33. The van der Waals surface area contributed by atoms with Crippen LogP contribution in [-0.4, -0.2) is 12.8 Å². The van der Waals surface area contributed by atoms with E-state index in [-0.39, 0.29) is 11.5 Å². The standard InChI is InChI=1S/C10H8ClF2NO2/c11-4-1-5-14-7-2-3-8-9(6-7)16-10(12,13)15-8/h1-4,6,14H,5H2/b4-1+. The highest BCUT2D eigenvalue weighted by molar-refractivity contribution is 6.25. The van der Waals surface area contributed by atoms with Crippen LogP contribution < -0.4 is 14.8 Å². The number of benzene rings is 1. The second-order valence-corrected chi connectivity index (χ2v) is 3.32. The molecule has 0 radical (unpaired) electrons. The van der Waals surface area contributed by atoms with Crippen molar-refractivity contribution in [1.82, 2.24) is 0 Å². The molecule has 0 fully saturated rings. The van der Waals surface area contributed by atoms with Crippen LogP contribution in [-0.2, 0) is 0 Å². The van der Waals surface area contributed by atoms with E-state index in [2.05, 4.69) is 14.8 Å². The predicted octanol–water partition coefficient (Wildman–Crippen LogP) is 3.17. The number of halogens is 3. The summed E-state index contributed by atoms with van der Waals surface area (Å²) in [6.45, 7) is 0.500. The number of nitrogens with one attached hydrogen (secondary N) is 1. The molecule has 1 heterocycles. The predicted molar refractivity (Wildman–Crippen MR) is 56.1 cm³/mol. The maximum Gasteiger partial charge on any atom is 0.586 e. The number of anilines is 1. The van der Waals surface area contributed by atoms with Gasteiger partial charge in [0, 0.05) is 23.8 Å². The van der Waals surface area contributed by atoms with Crippen LogP contribution in [0.15, 0.2) is 29.8 Å². The summed E-state index contributed by atoms with van der Waals surface area (Å²) in [7, 11) is 0. The van der Waals surface area contributed by atoms with Gasteiger partial charge in [-0.25, -0.2) is 0 Å². The molecule has 0 aliphatic carbocycles. The summed E-state index contributed by atoms with van der Waals surface area (Å²) in [5.41, 5.74) is 2.02. The molecule has 2 rings (SSSR count). The number of fused-ring (bicyclic) bond motifs is 1. The van der Waals surface area contributed by atoms with Crippen LogP contribution in [0.1, 0.15) is 0 Å². The average molecular weight is 248 g/mol. The van der Waals surface area contributed by atoms with Gasteiger partial charge in [0.1, 0.15) is 0 Å². The van der Waals surface area contributed by atoms with Crippen LogP contribution in [0.2, 0.25) is 0 Å². The van der Waals surface area contributed by atoms with Gasteiger partial charge < -0.3 is 14.8 Å². The average Bonchev–Trinajstić information content (AvgIpc) is 2.51. The van der Waals surface area contributed by atoms with Gasteiger partial charge in [0.15, 0.2) is 11.5 Å². The van der Waals surface area contributed by atoms with E-state index < -0.39 is 6.29 Å². The number of rotatable bonds is 3. The second kappa shape index (κ2) is 4.17. The third-order valence-electron chi connectivity index (χ3n) is 1.91. The normalized spacial score (nSPS) is 16.7. The van der Waals surface area contributed by atoms with Gasteiger partial charge in [-0.1, -0.05) is 17.7 Å². The fourth-order valence-corrected chi connectivity index (χ4v) is 1.37. The monoisotopic (exact) mass is 247 g/mol. The molecule has 0 saturated carbocycles. The van der Waals surface area contributed by atoms with E-state index in [0.29, 0.717) is 12.2 Å². The third-order valence-corrected chi connectivity index (χ3v) is 2.09. The minimum atomic E-state index is -3.57. The zero-order chi connectivity index (χ0) is 11.6. The maximum absolute atomic E-state index is 12.7. The molecule has 1 aromatic rings. The summed E-state index contributed by atoms with van der Waals surface area (Å²) in [6, 6.07) is 4.48. The van der Waals surface area contributed by atoms with Gasteiger partial charge in [-0.15, -0.1) is 8.78 Å². The van der Waals surface area contributed by atoms with E-state index in [1.165, 1.54) is 17.7 Å². The summed E-state index contributed by atoms with van der Waals surface area (Å²) in [4.78, 5) is 0. The van der Waals surface area contributed by atoms with E-state index in [1.807, 2.05) is 0 Å². The molecule has 0 bridgehead atoms. The number of alkyl halides is 2. The molecule has 16 heavy (non-hydrogen) atoms. The van der Waals surface area contributed by atoms with E-state index >= 15 is 0 Å². The molecule has 6 heteroatoms. The minimum absolute atomic E-state index is 0.0184. The molecular weight excluding hydrogens is 240 g/mol. The zero-order valence-corrected chi connectivity index (χ0v) is 8.80. The van der Waals surface area contributed by atoms with Crippen LogP contribution in [0.5, 0.6) is 11.5 Å². The van der Waals surface area contributed by atoms with Crippen molar-refractivity contribution in [3.8, 4) is 11.5 Å². The lowest BCUT2D eigenvalue weighted by Crippen LogP contribution is -2.25. The highest BCUT2D eigenvalue weighted by Crippen LogP contribution is 2.42. The van der Waals surface area contributed by atoms with Gasteiger partial charge in [-0.05, 0) is 12.1 Å². The molecule has 3 nitrogen and oxygen atoms in total. The van der Waals surface area contributed by atoms with Crippen molar-refractivity contribution in [2.75, 3.05) is 11.9 Å². The highest BCUT2D eigenvalue weighted by atomic mass is 35.5. The lowest BCUT2D eigenvalue weighted by Gasteiger charge is -2.04. The lowest BCUT2D eigenvalue weighted by atomic mass is 10.3. The van der Waals surface area contributed by atoms with Crippen LogP contribution in [0.3, 0.4) is 0 Å². The highest BCUT2D eigenvalue weighted by Gasteiger charge is 2.43. The summed E-state index contributed by atoms with van der Waals surface area (Å²) in [6.07, 6.45) is -1.89. The fourth-order valence-electron chi connectivity index (χ4n) is 1.28. The van der Waals surface area contributed by atoms with Crippen molar-refractivity contribution in [2.24, 2.45) is 0 Å². The first-order valence-electron chi connectivity index (χ1n) is 4.50. The Hall–Kier alpha value is -1.49. The van der Waals surface area contributed by atoms with Gasteiger partial charge in [0.2, 0.25) is 0 Å². The van der Waals surface area contributed by atoms with Crippen LogP contribution in [0, 0.1) is 0 Å². The van der Waals surface area contributed by atoms with Crippen molar-refractivity contribution < 1.29 is 18.3 Å². The van der Waals surface area contributed by atoms with E-state index in [4.69, 9.17) is 11.6 Å². The smallest absolute Gasteiger partial charge is 0.395 e. The van der Waals surface area contributed by atoms with Gasteiger partial charge in [-0.3, -0.25) is 0 Å². The molecule has 1 aliphatic heterocycles. The molecule has 1 aliphatic rings. The van der Waals surface area contributed by atoms with Gasteiger partial charge in [0.25, 0.3) is 0 Å². The summed E-state index contributed by atoms with van der Waals surface area (Å²) < 4.78 is 33.9. The zero-order valence-electron chi connectivity index (χ0n) is 8.04. The third kappa shape index (κ3) is 2.36. The van der Waals surface area contributed by atoms with Crippen molar-refractivity contribution in [1.29, 1.82) is 0 Å². The minimum Gasteiger partial charge on any atom is -0.395 e. The Morgan fingerprint density at radius 2 is 2.06 bits per heavy atom. The topological polar surface area (TPSA) is 30.5 Å². The van der Waals surface area contributed by atoms with Crippen molar-refractivity contribution >= 4 is 17.3 Å². The molecular formula is C10H8ClF2NO2.